The molecule has 4 rings (SSSR count). The number of halogens is 2. The zero-order valence-corrected chi connectivity index (χ0v) is 15.9. The Morgan fingerprint density at radius 3 is 2.89 bits per heavy atom. The number of carbonyl (C=O) groups is 1. The van der Waals surface area contributed by atoms with Crippen molar-refractivity contribution in [2.24, 2.45) is 0 Å². The minimum atomic E-state index is -0.292. The number of rotatable bonds is 3. The van der Waals surface area contributed by atoms with E-state index in [1.54, 1.807) is 23.5 Å². The van der Waals surface area contributed by atoms with Crippen molar-refractivity contribution < 1.29 is 9.18 Å². The molecule has 0 bridgehead atoms. The minimum absolute atomic E-state index is 0.164. The topological polar surface area (TPSA) is 45.2 Å². The number of benzene rings is 2. The quantitative estimate of drug-likeness (QED) is 0.685. The van der Waals surface area contributed by atoms with Crippen LogP contribution in [0.25, 0.3) is 0 Å². The molecule has 2 amide bonds. The van der Waals surface area contributed by atoms with Crippen LogP contribution in [0, 0.1) is 5.82 Å². The lowest BCUT2D eigenvalue weighted by Gasteiger charge is -2.35. The molecule has 3 aromatic rings. The summed E-state index contributed by atoms with van der Waals surface area (Å²) < 4.78 is 13.0. The van der Waals surface area contributed by atoms with Crippen LogP contribution in [0.1, 0.15) is 27.7 Å². The molecule has 1 unspecified atom stereocenters. The maximum atomic E-state index is 13.0. The molecule has 2 aromatic carbocycles. The van der Waals surface area contributed by atoms with Crippen LogP contribution in [-0.4, -0.2) is 22.5 Å². The van der Waals surface area contributed by atoms with Crippen molar-refractivity contribution in [1.82, 2.24) is 15.2 Å². The molecule has 0 spiro atoms. The number of amides is 2. The summed E-state index contributed by atoms with van der Waals surface area (Å²) in [5, 5.41) is 3.58. The SMILES string of the molecule is O=C(NCc1ccc(F)cc1)N1CCc2ncsc2C1c1cccc(Cl)c1. The zero-order chi connectivity index (χ0) is 18.8. The van der Waals surface area contributed by atoms with Crippen LogP contribution in [0.4, 0.5) is 9.18 Å². The predicted octanol–water partition coefficient (Wildman–Crippen LogP) is 4.79. The van der Waals surface area contributed by atoms with Gasteiger partial charge in [-0.25, -0.2) is 14.2 Å². The van der Waals surface area contributed by atoms with Crippen molar-refractivity contribution in [1.29, 1.82) is 0 Å². The van der Waals surface area contributed by atoms with E-state index in [9.17, 15) is 9.18 Å². The van der Waals surface area contributed by atoms with Crippen LogP contribution in [0.3, 0.4) is 0 Å². The Morgan fingerprint density at radius 2 is 2.11 bits per heavy atom. The lowest BCUT2D eigenvalue weighted by atomic mass is 9.98. The molecular formula is C20H17ClFN3OS. The summed E-state index contributed by atoms with van der Waals surface area (Å²) in [4.78, 5) is 20.3. The van der Waals surface area contributed by atoms with Crippen LogP contribution >= 0.6 is 22.9 Å². The van der Waals surface area contributed by atoms with Crippen LogP contribution < -0.4 is 5.32 Å². The van der Waals surface area contributed by atoms with Gasteiger partial charge < -0.3 is 10.2 Å². The summed E-state index contributed by atoms with van der Waals surface area (Å²) in [6.07, 6.45) is 0.722. The lowest BCUT2D eigenvalue weighted by molar-refractivity contribution is 0.180. The number of carbonyl (C=O) groups excluding carboxylic acids is 1. The molecule has 0 radical (unpaired) electrons. The fourth-order valence-electron chi connectivity index (χ4n) is 3.29. The second kappa shape index (κ2) is 7.66. The highest BCUT2D eigenvalue weighted by Crippen LogP contribution is 2.38. The van der Waals surface area contributed by atoms with Crippen molar-refractivity contribution >= 4 is 29.0 Å². The van der Waals surface area contributed by atoms with Gasteiger partial charge in [-0.3, -0.25) is 0 Å². The average molecular weight is 402 g/mol. The summed E-state index contributed by atoms with van der Waals surface area (Å²) in [7, 11) is 0. The zero-order valence-electron chi connectivity index (χ0n) is 14.4. The van der Waals surface area contributed by atoms with Crippen molar-refractivity contribution in [2.75, 3.05) is 6.54 Å². The molecule has 0 fully saturated rings. The fraction of sp³-hybridized carbons (Fsp3) is 0.200. The molecule has 4 nitrogen and oxygen atoms in total. The summed E-state index contributed by atoms with van der Waals surface area (Å²) in [5.41, 5.74) is 4.67. The maximum Gasteiger partial charge on any atom is 0.318 e. The van der Waals surface area contributed by atoms with E-state index in [2.05, 4.69) is 10.3 Å². The largest absolute Gasteiger partial charge is 0.334 e. The van der Waals surface area contributed by atoms with Crippen LogP contribution in [-0.2, 0) is 13.0 Å². The molecule has 0 saturated heterocycles. The number of urea groups is 1. The number of hydrogen-bond donors (Lipinski definition) is 1. The molecule has 1 aromatic heterocycles. The number of aromatic nitrogens is 1. The van der Waals surface area contributed by atoms with E-state index in [-0.39, 0.29) is 17.9 Å². The van der Waals surface area contributed by atoms with E-state index in [1.165, 1.54) is 12.1 Å². The summed E-state index contributed by atoms with van der Waals surface area (Å²) in [6, 6.07) is 13.3. The highest BCUT2D eigenvalue weighted by atomic mass is 35.5. The van der Waals surface area contributed by atoms with E-state index in [0.717, 1.165) is 28.1 Å². The van der Waals surface area contributed by atoms with Gasteiger partial charge in [0.15, 0.2) is 0 Å². The third-order valence-corrected chi connectivity index (χ3v) is 5.76. The van der Waals surface area contributed by atoms with Gasteiger partial charge in [0.05, 0.1) is 22.1 Å². The van der Waals surface area contributed by atoms with Crippen molar-refractivity contribution in [2.45, 2.75) is 19.0 Å². The molecule has 138 valence electrons. The van der Waals surface area contributed by atoms with E-state index in [4.69, 9.17) is 11.6 Å². The van der Waals surface area contributed by atoms with Gasteiger partial charge in [-0.05, 0) is 35.4 Å². The van der Waals surface area contributed by atoms with Crippen LogP contribution in [0.15, 0.2) is 54.0 Å². The first-order valence-electron chi connectivity index (χ1n) is 8.58. The van der Waals surface area contributed by atoms with Gasteiger partial charge in [-0.15, -0.1) is 11.3 Å². The molecular weight excluding hydrogens is 385 g/mol. The van der Waals surface area contributed by atoms with E-state index >= 15 is 0 Å². The molecule has 0 saturated carbocycles. The molecule has 2 heterocycles. The normalized spacial score (nSPS) is 16.1. The Kier molecular flexibility index (Phi) is 5.09. The van der Waals surface area contributed by atoms with Gasteiger partial charge in [0.2, 0.25) is 0 Å². The molecule has 1 N–H and O–H groups in total. The van der Waals surface area contributed by atoms with E-state index in [0.29, 0.717) is 18.1 Å². The second-order valence-corrected chi connectivity index (χ2v) is 7.67. The monoisotopic (exact) mass is 401 g/mol. The van der Waals surface area contributed by atoms with Crippen molar-refractivity contribution in [3.8, 4) is 0 Å². The highest BCUT2D eigenvalue weighted by Gasteiger charge is 2.34. The Labute approximate surface area is 165 Å². The Balaban J connectivity index is 1.58. The standard InChI is InChI=1S/C20H17ClFN3OS/c21-15-3-1-2-14(10-15)18-19-17(24-12-27-19)8-9-25(18)20(26)23-11-13-4-6-16(22)7-5-13/h1-7,10,12,18H,8-9,11H2,(H,23,26). The summed E-state index contributed by atoms with van der Waals surface area (Å²) in [5.74, 6) is -0.292. The van der Waals surface area contributed by atoms with Gasteiger partial charge in [0, 0.05) is 24.5 Å². The van der Waals surface area contributed by atoms with Crippen molar-refractivity contribution in [3.05, 3.63) is 86.6 Å². The maximum absolute atomic E-state index is 13.0. The van der Waals surface area contributed by atoms with Crippen LogP contribution in [0.2, 0.25) is 5.02 Å². The Bertz CT molecular complexity index is 960. The Hall–Kier alpha value is -2.44. The number of thiazole rings is 1. The minimum Gasteiger partial charge on any atom is -0.334 e. The predicted molar refractivity (Wildman–Crippen MR) is 104 cm³/mol. The van der Waals surface area contributed by atoms with Gasteiger partial charge in [0.1, 0.15) is 5.82 Å². The van der Waals surface area contributed by atoms with Crippen molar-refractivity contribution in [3.63, 3.8) is 0 Å². The lowest BCUT2D eigenvalue weighted by Crippen LogP contribution is -2.45. The first-order valence-corrected chi connectivity index (χ1v) is 9.84. The highest BCUT2D eigenvalue weighted by molar-refractivity contribution is 7.09. The third kappa shape index (κ3) is 3.82. The first-order chi connectivity index (χ1) is 13.1. The van der Waals surface area contributed by atoms with Gasteiger partial charge >= 0.3 is 6.03 Å². The molecule has 1 aliphatic rings. The van der Waals surface area contributed by atoms with Gasteiger partial charge in [-0.1, -0.05) is 35.9 Å². The summed E-state index contributed by atoms with van der Waals surface area (Å²) >= 11 is 7.74. The molecule has 0 aliphatic carbocycles. The first kappa shape index (κ1) is 17.9. The molecule has 27 heavy (non-hydrogen) atoms. The number of hydrogen-bond acceptors (Lipinski definition) is 3. The third-order valence-electron chi connectivity index (χ3n) is 4.60. The number of nitrogens with one attached hydrogen (secondary N) is 1. The molecule has 1 aliphatic heterocycles. The number of fused-ring (bicyclic) bond motifs is 1. The van der Waals surface area contributed by atoms with Crippen LogP contribution in [0.5, 0.6) is 0 Å². The van der Waals surface area contributed by atoms with Gasteiger partial charge in [0.25, 0.3) is 0 Å². The average Bonchev–Trinajstić information content (AvgIpc) is 3.15. The second-order valence-electron chi connectivity index (χ2n) is 6.35. The Morgan fingerprint density at radius 1 is 1.30 bits per heavy atom. The van der Waals surface area contributed by atoms with E-state index in [1.807, 2.05) is 34.7 Å². The fourth-order valence-corrected chi connectivity index (χ4v) is 4.47. The van der Waals surface area contributed by atoms with Gasteiger partial charge in [-0.2, -0.15) is 0 Å². The number of nitrogens with zero attached hydrogens (tertiary/aromatic N) is 2. The smallest absolute Gasteiger partial charge is 0.318 e. The molecule has 1 atom stereocenters. The molecule has 7 heteroatoms. The van der Waals surface area contributed by atoms with E-state index < -0.39 is 0 Å². The summed E-state index contributed by atoms with van der Waals surface area (Å²) in [6.45, 7) is 0.913.